The van der Waals surface area contributed by atoms with Gasteiger partial charge < -0.3 is 4.57 Å². The van der Waals surface area contributed by atoms with E-state index in [-0.39, 0.29) is 0 Å². The highest BCUT2D eigenvalue weighted by Gasteiger charge is 2.13. The molecule has 0 bridgehead atoms. The molecule has 0 aromatic rings. The molecule has 7 heavy (non-hydrogen) atoms. The highest BCUT2D eigenvalue weighted by atomic mass is 31.2. The predicted octanol–water partition coefficient (Wildman–Crippen LogP) is 1.14. The molecule has 0 aliphatic carbocycles. The largest absolute Gasteiger partial charge is 0.303 e. The molecule has 0 spiro atoms. The van der Waals surface area contributed by atoms with Gasteiger partial charge in [0, 0.05) is 6.16 Å². The zero-order valence-corrected chi connectivity index (χ0v) is 4.90. The summed E-state index contributed by atoms with van der Waals surface area (Å²) in [6.45, 7) is 0. The van der Waals surface area contributed by atoms with E-state index in [1.54, 1.807) is 5.82 Å². The van der Waals surface area contributed by atoms with Gasteiger partial charge in [0.1, 0.15) is 0 Å². The molecule has 2 nitrogen and oxygen atoms in total. The molecule has 0 aromatic carbocycles. The first-order chi connectivity index (χ1) is 3.21. The highest BCUT2D eigenvalue weighted by molar-refractivity contribution is 7.65. The summed E-state index contributed by atoms with van der Waals surface area (Å²) in [6, 6.07) is 0. The van der Waals surface area contributed by atoms with E-state index in [0.29, 0.717) is 6.16 Å². The Kier molecular flexibility index (Phi) is 1.06. The summed E-state index contributed by atoms with van der Waals surface area (Å²) in [5, 5.41) is 0. The van der Waals surface area contributed by atoms with Crippen molar-refractivity contribution in [2.75, 3.05) is 6.16 Å². The van der Waals surface area contributed by atoms with Crippen LogP contribution in [0.2, 0.25) is 0 Å². The second-order valence-electron chi connectivity index (χ2n) is 1.75. The third kappa shape index (κ3) is 1.15. The molecule has 40 valence electrons. The maximum Gasteiger partial charge on any atom is 0.166 e. The van der Waals surface area contributed by atoms with Crippen LogP contribution in [0.15, 0.2) is 11.9 Å². The van der Waals surface area contributed by atoms with Gasteiger partial charge in [0.05, 0.1) is 0 Å². The Morgan fingerprint density at radius 2 is 2.43 bits per heavy atom. The Morgan fingerprint density at radius 1 is 1.71 bits per heavy atom. The third-order valence-corrected chi connectivity index (χ3v) is 2.68. The van der Waals surface area contributed by atoms with E-state index in [9.17, 15) is 4.57 Å². The van der Waals surface area contributed by atoms with Gasteiger partial charge in [-0.05, 0) is 12.2 Å². The van der Waals surface area contributed by atoms with Crippen molar-refractivity contribution in [3.05, 3.63) is 11.9 Å². The molecule has 1 rings (SSSR count). The topological polar surface area (TPSA) is 43.1 Å². The molecule has 1 unspecified atom stereocenters. The van der Waals surface area contributed by atoms with E-state index in [0.717, 1.165) is 6.42 Å². The third-order valence-electron chi connectivity index (χ3n) is 1.00. The van der Waals surface area contributed by atoms with Gasteiger partial charge in [-0.15, -0.1) is 0 Å². The predicted molar refractivity (Wildman–Crippen MR) is 30.4 cm³/mol. The van der Waals surface area contributed by atoms with Crippen LogP contribution in [0.1, 0.15) is 6.42 Å². The Balaban J connectivity index is 2.77. The standard InChI is InChI=1S/C4H8NOP/c5-7(6)3-1-2-4-7/h1,3H,2,4H2,(H2,5,6). The Labute approximate surface area is 42.8 Å². The zero-order chi connectivity index (χ0) is 5.33. The summed E-state index contributed by atoms with van der Waals surface area (Å²) in [6.07, 6.45) is 3.45. The molecule has 0 amide bonds. The molecule has 2 N–H and O–H groups in total. The van der Waals surface area contributed by atoms with E-state index >= 15 is 0 Å². The summed E-state index contributed by atoms with van der Waals surface area (Å²) < 4.78 is 10.7. The second kappa shape index (κ2) is 1.46. The highest BCUT2D eigenvalue weighted by Crippen LogP contribution is 2.42. The van der Waals surface area contributed by atoms with Gasteiger partial charge in [-0.25, -0.2) is 0 Å². The summed E-state index contributed by atoms with van der Waals surface area (Å²) in [5.41, 5.74) is 5.25. The molecule has 0 radical (unpaired) electrons. The van der Waals surface area contributed by atoms with Crippen LogP contribution < -0.4 is 5.50 Å². The van der Waals surface area contributed by atoms with E-state index in [1.165, 1.54) is 0 Å². The van der Waals surface area contributed by atoms with E-state index in [2.05, 4.69) is 0 Å². The Bertz CT molecular complexity index is 141. The van der Waals surface area contributed by atoms with Gasteiger partial charge in [0.25, 0.3) is 0 Å². The lowest BCUT2D eigenvalue weighted by Crippen LogP contribution is -1.89. The summed E-state index contributed by atoms with van der Waals surface area (Å²) >= 11 is 0. The molecule has 0 fully saturated rings. The van der Waals surface area contributed by atoms with Crippen molar-refractivity contribution in [1.82, 2.24) is 0 Å². The minimum absolute atomic E-state index is 0.674. The van der Waals surface area contributed by atoms with Crippen molar-refractivity contribution in [1.29, 1.82) is 0 Å². The van der Waals surface area contributed by atoms with Crippen LogP contribution in [0.4, 0.5) is 0 Å². The fourth-order valence-corrected chi connectivity index (χ4v) is 1.81. The molecular weight excluding hydrogens is 109 g/mol. The molecule has 3 heteroatoms. The molecule has 1 heterocycles. The summed E-state index contributed by atoms with van der Waals surface area (Å²) in [4.78, 5) is 0. The van der Waals surface area contributed by atoms with Crippen molar-refractivity contribution < 1.29 is 4.57 Å². The van der Waals surface area contributed by atoms with Gasteiger partial charge in [0.2, 0.25) is 0 Å². The van der Waals surface area contributed by atoms with Crippen LogP contribution in [0.25, 0.3) is 0 Å². The SMILES string of the molecule is NP1(=O)C=CCC1. The quantitative estimate of drug-likeness (QED) is 0.483. The van der Waals surface area contributed by atoms with Crippen molar-refractivity contribution in [3.63, 3.8) is 0 Å². The van der Waals surface area contributed by atoms with Crippen molar-refractivity contribution >= 4 is 7.29 Å². The van der Waals surface area contributed by atoms with Crippen LogP contribution in [0, 0.1) is 0 Å². The first-order valence-corrected chi connectivity index (χ1v) is 4.29. The Hall–Kier alpha value is -0.0700. The smallest absolute Gasteiger partial charge is 0.166 e. The average Bonchev–Trinajstić information content (AvgIpc) is 1.84. The monoisotopic (exact) mass is 117 g/mol. The van der Waals surface area contributed by atoms with Crippen molar-refractivity contribution in [2.45, 2.75) is 6.42 Å². The number of hydrogen-bond donors (Lipinski definition) is 1. The molecule has 1 aliphatic rings. The van der Waals surface area contributed by atoms with E-state index in [4.69, 9.17) is 5.50 Å². The lowest BCUT2D eigenvalue weighted by molar-refractivity contribution is 0.583. The molecule has 0 saturated carbocycles. The fraction of sp³-hybridized carbons (Fsp3) is 0.500. The molecular formula is C4H8NOP. The van der Waals surface area contributed by atoms with Crippen molar-refractivity contribution in [3.8, 4) is 0 Å². The van der Waals surface area contributed by atoms with Gasteiger partial charge in [-0.1, -0.05) is 6.08 Å². The maximum absolute atomic E-state index is 10.7. The first-order valence-electron chi connectivity index (χ1n) is 2.26. The molecule has 0 saturated heterocycles. The van der Waals surface area contributed by atoms with Crippen molar-refractivity contribution in [2.24, 2.45) is 5.50 Å². The van der Waals surface area contributed by atoms with Gasteiger partial charge in [-0.2, -0.15) is 0 Å². The zero-order valence-electron chi connectivity index (χ0n) is 4.00. The lowest BCUT2D eigenvalue weighted by Gasteiger charge is -1.95. The van der Waals surface area contributed by atoms with Crippen LogP contribution in [-0.4, -0.2) is 6.16 Å². The van der Waals surface area contributed by atoms with Gasteiger partial charge >= 0.3 is 0 Å². The lowest BCUT2D eigenvalue weighted by atomic mass is 10.5. The minimum atomic E-state index is -2.22. The molecule has 1 aliphatic heterocycles. The normalized spacial score (nSPS) is 39.6. The number of hydrogen-bond acceptors (Lipinski definition) is 1. The minimum Gasteiger partial charge on any atom is -0.303 e. The number of allylic oxidation sites excluding steroid dienone is 1. The van der Waals surface area contributed by atoms with Crippen LogP contribution >= 0.6 is 7.29 Å². The average molecular weight is 117 g/mol. The van der Waals surface area contributed by atoms with Crippen LogP contribution in [-0.2, 0) is 4.57 Å². The summed E-state index contributed by atoms with van der Waals surface area (Å²) in [7, 11) is -2.22. The maximum atomic E-state index is 10.7. The van der Waals surface area contributed by atoms with Gasteiger partial charge in [0.15, 0.2) is 7.29 Å². The molecule has 0 aromatic heterocycles. The first kappa shape index (κ1) is 5.07. The number of rotatable bonds is 0. The van der Waals surface area contributed by atoms with E-state index in [1.807, 2.05) is 6.08 Å². The summed E-state index contributed by atoms with van der Waals surface area (Å²) in [5.74, 6) is 1.63. The Morgan fingerprint density at radius 3 is 2.57 bits per heavy atom. The van der Waals surface area contributed by atoms with Crippen LogP contribution in [0.3, 0.4) is 0 Å². The van der Waals surface area contributed by atoms with Crippen LogP contribution in [0.5, 0.6) is 0 Å². The molecule has 1 atom stereocenters. The van der Waals surface area contributed by atoms with E-state index < -0.39 is 7.29 Å². The fourth-order valence-electron chi connectivity index (χ4n) is 0.604. The second-order valence-corrected chi connectivity index (χ2v) is 4.20. The van der Waals surface area contributed by atoms with Gasteiger partial charge in [-0.3, -0.25) is 5.50 Å². The number of nitrogens with two attached hydrogens (primary N) is 1.